The van der Waals surface area contributed by atoms with E-state index in [0.717, 1.165) is 12.5 Å². The molecule has 8 nitrogen and oxygen atoms in total. The number of fused-ring (bicyclic) bond motifs is 3. The van der Waals surface area contributed by atoms with Crippen LogP contribution in [0.3, 0.4) is 0 Å². The van der Waals surface area contributed by atoms with Crippen molar-refractivity contribution in [2.75, 3.05) is 6.61 Å². The summed E-state index contributed by atoms with van der Waals surface area (Å²) < 4.78 is 10.8. The lowest BCUT2D eigenvalue weighted by molar-refractivity contribution is -0.384. The maximum absolute atomic E-state index is 12.7. The number of ether oxygens (including phenoxy) is 2. The van der Waals surface area contributed by atoms with Gasteiger partial charge in [-0.3, -0.25) is 14.9 Å². The molecular formula is C18H17ClN2O6. The van der Waals surface area contributed by atoms with Crippen molar-refractivity contribution < 1.29 is 19.2 Å². The standard InChI is InChI=1S/C18H17ClN2O6/c1-3-5-14-16-13(22)8-11(18(23)26-4-2)20-17(16)9-6-12(21(24)25)10(19)7-15(9)27-14/h6-8,14H,3-5H2,1-2H3,(H,20,22). The molecule has 27 heavy (non-hydrogen) atoms. The first-order valence-electron chi connectivity index (χ1n) is 8.46. The number of halogens is 1. The van der Waals surface area contributed by atoms with E-state index in [2.05, 4.69) is 4.98 Å². The van der Waals surface area contributed by atoms with Crippen LogP contribution in [-0.2, 0) is 4.74 Å². The van der Waals surface area contributed by atoms with Crippen molar-refractivity contribution in [1.82, 2.24) is 4.98 Å². The number of hydrogen-bond donors (Lipinski definition) is 1. The van der Waals surface area contributed by atoms with Gasteiger partial charge in [0.15, 0.2) is 5.43 Å². The first-order chi connectivity index (χ1) is 12.9. The highest BCUT2D eigenvalue weighted by atomic mass is 35.5. The molecular weight excluding hydrogens is 376 g/mol. The predicted octanol–water partition coefficient (Wildman–Crippen LogP) is 4.01. The van der Waals surface area contributed by atoms with E-state index in [9.17, 15) is 19.7 Å². The molecule has 9 heteroatoms. The Hall–Kier alpha value is -2.87. The van der Waals surface area contributed by atoms with Crippen LogP contribution in [0.25, 0.3) is 11.3 Å². The van der Waals surface area contributed by atoms with Crippen LogP contribution in [-0.4, -0.2) is 22.5 Å². The van der Waals surface area contributed by atoms with Gasteiger partial charge in [-0.2, -0.15) is 0 Å². The number of H-pyrrole nitrogens is 1. The van der Waals surface area contributed by atoms with Gasteiger partial charge >= 0.3 is 5.97 Å². The first-order valence-corrected chi connectivity index (χ1v) is 8.84. The summed E-state index contributed by atoms with van der Waals surface area (Å²) in [7, 11) is 0. The maximum atomic E-state index is 12.7. The average molecular weight is 393 g/mol. The fourth-order valence-electron chi connectivity index (χ4n) is 3.08. The maximum Gasteiger partial charge on any atom is 0.354 e. The number of benzene rings is 1. The third-order valence-electron chi connectivity index (χ3n) is 4.22. The number of carbonyl (C=O) groups excluding carboxylic acids is 1. The van der Waals surface area contributed by atoms with Gasteiger partial charge in [-0.1, -0.05) is 24.9 Å². The highest BCUT2D eigenvalue weighted by Crippen LogP contribution is 2.45. The van der Waals surface area contributed by atoms with Crippen molar-refractivity contribution in [3.8, 4) is 17.0 Å². The Morgan fingerprint density at radius 3 is 2.74 bits per heavy atom. The van der Waals surface area contributed by atoms with E-state index in [-0.39, 0.29) is 23.0 Å². The fraction of sp³-hybridized carbons (Fsp3) is 0.333. The van der Waals surface area contributed by atoms with Crippen molar-refractivity contribution in [1.29, 1.82) is 0 Å². The Bertz CT molecular complexity index is 985. The van der Waals surface area contributed by atoms with Crippen LogP contribution < -0.4 is 10.2 Å². The molecule has 0 bridgehead atoms. The molecule has 1 aromatic carbocycles. The number of nitro benzene ring substituents is 1. The third kappa shape index (κ3) is 3.40. The van der Waals surface area contributed by atoms with Crippen LogP contribution in [0.1, 0.15) is 48.8 Å². The summed E-state index contributed by atoms with van der Waals surface area (Å²) in [5, 5.41) is 11.2. The van der Waals surface area contributed by atoms with Gasteiger partial charge < -0.3 is 14.5 Å². The van der Waals surface area contributed by atoms with E-state index in [0.29, 0.717) is 29.0 Å². The molecule has 1 aromatic heterocycles. The van der Waals surface area contributed by atoms with Crippen LogP contribution in [0.15, 0.2) is 23.0 Å². The van der Waals surface area contributed by atoms with Crippen LogP contribution >= 0.6 is 11.6 Å². The lowest BCUT2D eigenvalue weighted by Crippen LogP contribution is -2.25. The minimum atomic E-state index is -0.680. The number of aromatic nitrogens is 1. The molecule has 3 rings (SSSR count). The number of esters is 1. The Morgan fingerprint density at radius 2 is 2.11 bits per heavy atom. The van der Waals surface area contributed by atoms with E-state index >= 15 is 0 Å². The molecule has 0 aliphatic carbocycles. The third-order valence-corrected chi connectivity index (χ3v) is 4.53. The summed E-state index contributed by atoms with van der Waals surface area (Å²) in [6, 6.07) is 3.76. The molecule has 0 saturated heterocycles. The molecule has 0 saturated carbocycles. The van der Waals surface area contributed by atoms with E-state index in [1.807, 2.05) is 6.92 Å². The summed E-state index contributed by atoms with van der Waals surface area (Å²) in [5.41, 5.74) is 0.201. The smallest absolute Gasteiger partial charge is 0.354 e. The Balaban J connectivity index is 2.27. The van der Waals surface area contributed by atoms with Crippen LogP contribution in [0.2, 0.25) is 5.02 Å². The number of rotatable bonds is 5. The molecule has 0 radical (unpaired) electrons. The molecule has 1 N–H and O–H groups in total. The number of nitro groups is 1. The zero-order chi connectivity index (χ0) is 19.7. The number of aromatic amines is 1. The number of nitrogens with zero attached hydrogens (tertiary/aromatic N) is 1. The summed E-state index contributed by atoms with van der Waals surface area (Å²) in [6.45, 7) is 3.75. The van der Waals surface area contributed by atoms with Crippen molar-refractivity contribution >= 4 is 23.3 Å². The minimum Gasteiger partial charge on any atom is -0.485 e. The highest BCUT2D eigenvalue weighted by molar-refractivity contribution is 6.33. The van der Waals surface area contributed by atoms with Crippen molar-refractivity contribution in [2.24, 2.45) is 0 Å². The van der Waals surface area contributed by atoms with Gasteiger partial charge in [-0.25, -0.2) is 4.79 Å². The highest BCUT2D eigenvalue weighted by Gasteiger charge is 2.32. The van der Waals surface area contributed by atoms with Gasteiger partial charge in [-0.15, -0.1) is 0 Å². The second kappa shape index (κ2) is 7.40. The summed E-state index contributed by atoms with van der Waals surface area (Å²) >= 11 is 5.99. The van der Waals surface area contributed by atoms with Crippen LogP contribution in [0.5, 0.6) is 5.75 Å². The van der Waals surface area contributed by atoms with Gasteiger partial charge in [0.25, 0.3) is 5.69 Å². The largest absolute Gasteiger partial charge is 0.485 e. The zero-order valence-electron chi connectivity index (χ0n) is 14.7. The number of nitrogens with one attached hydrogen (secondary N) is 1. The van der Waals surface area contributed by atoms with E-state index in [1.165, 1.54) is 12.1 Å². The fourth-order valence-corrected chi connectivity index (χ4v) is 3.30. The van der Waals surface area contributed by atoms with Crippen LogP contribution in [0.4, 0.5) is 5.69 Å². The Kier molecular flexibility index (Phi) is 5.18. The molecule has 0 amide bonds. The number of hydrogen-bond acceptors (Lipinski definition) is 6. The van der Waals surface area contributed by atoms with E-state index in [1.54, 1.807) is 6.92 Å². The van der Waals surface area contributed by atoms with Crippen molar-refractivity contribution in [2.45, 2.75) is 32.8 Å². The summed E-state index contributed by atoms with van der Waals surface area (Å²) in [4.78, 5) is 38.3. The predicted molar refractivity (Wildman–Crippen MR) is 98.4 cm³/mol. The van der Waals surface area contributed by atoms with Gasteiger partial charge in [0.05, 0.1) is 22.8 Å². The molecule has 0 spiro atoms. The molecule has 1 unspecified atom stereocenters. The topological polar surface area (TPSA) is 112 Å². The molecule has 1 atom stereocenters. The van der Waals surface area contributed by atoms with E-state index < -0.39 is 22.4 Å². The summed E-state index contributed by atoms with van der Waals surface area (Å²) in [6.07, 6.45) is 0.761. The minimum absolute atomic E-state index is 0.0266. The number of carbonyl (C=O) groups is 1. The molecule has 1 aliphatic heterocycles. The van der Waals surface area contributed by atoms with Gasteiger partial charge in [-0.05, 0) is 13.3 Å². The van der Waals surface area contributed by atoms with Gasteiger partial charge in [0.2, 0.25) is 0 Å². The lowest BCUT2D eigenvalue weighted by atomic mass is 9.94. The van der Waals surface area contributed by atoms with E-state index in [4.69, 9.17) is 21.1 Å². The first kappa shape index (κ1) is 18.9. The SMILES string of the molecule is CCCC1Oc2cc(Cl)c([N+](=O)[O-])cc2-c2[nH]c(C(=O)OCC)cc(=O)c21. The molecule has 142 valence electrons. The normalized spacial score (nSPS) is 14.7. The van der Waals surface area contributed by atoms with Gasteiger partial charge in [0, 0.05) is 23.8 Å². The molecule has 2 heterocycles. The quantitative estimate of drug-likeness (QED) is 0.467. The number of pyridine rings is 1. The second-order valence-corrected chi connectivity index (χ2v) is 6.42. The molecule has 1 aliphatic rings. The van der Waals surface area contributed by atoms with Crippen LogP contribution in [0, 0.1) is 10.1 Å². The Labute approximate surface area is 159 Å². The Morgan fingerprint density at radius 1 is 1.37 bits per heavy atom. The van der Waals surface area contributed by atoms with Crippen molar-refractivity contribution in [3.63, 3.8) is 0 Å². The zero-order valence-corrected chi connectivity index (χ0v) is 15.5. The van der Waals surface area contributed by atoms with Gasteiger partial charge in [0.1, 0.15) is 22.6 Å². The average Bonchev–Trinajstić information content (AvgIpc) is 2.60. The lowest BCUT2D eigenvalue weighted by Gasteiger charge is -2.28. The monoisotopic (exact) mass is 392 g/mol. The van der Waals surface area contributed by atoms with Crippen molar-refractivity contribution in [3.05, 3.63) is 54.8 Å². The molecule has 2 aromatic rings. The second-order valence-electron chi connectivity index (χ2n) is 6.01. The summed E-state index contributed by atoms with van der Waals surface area (Å²) in [5.74, 6) is -0.367. The molecule has 0 fully saturated rings.